The molecule has 0 N–H and O–H groups in total. The van der Waals surface area contributed by atoms with Gasteiger partial charge < -0.3 is 9.05 Å². The molecule has 1 aromatic carbocycles. The van der Waals surface area contributed by atoms with Crippen molar-refractivity contribution < 1.29 is 18.6 Å². The normalized spacial score (nSPS) is 19.6. The van der Waals surface area contributed by atoms with Gasteiger partial charge in [0.15, 0.2) is 11.5 Å². The van der Waals surface area contributed by atoms with Crippen molar-refractivity contribution in [1.82, 2.24) is 4.67 Å². The first-order chi connectivity index (χ1) is 7.75. The van der Waals surface area contributed by atoms with Crippen molar-refractivity contribution in [1.29, 1.82) is 0 Å². The monoisotopic (exact) mass is 237 g/mol. The van der Waals surface area contributed by atoms with Crippen molar-refractivity contribution in [3.8, 4) is 11.5 Å². The van der Waals surface area contributed by atoms with Crippen molar-refractivity contribution in [3.63, 3.8) is 0 Å². The number of benzene rings is 1. The number of imide groups is 1. The molecule has 16 heavy (non-hydrogen) atoms. The molecule has 5 nitrogen and oxygen atoms in total. The largest absolute Gasteiger partial charge is 0.427 e. The summed E-state index contributed by atoms with van der Waals surface area (Å²) >= 11 is 0. The third kappa shape index (κ3) is 1.36. The predicted molar refractivity (Wildman–Crippen MR) is 55.7 cm³/mol. The summed E-state index contributed by atoms with van der Waals surface area (Å²) in [5.74, 6) is 0.732. The van der Waals surface area contributed by atoms with Crippen molar-refractivity contribution in [2.75, 3.05) is 0 Å². The molecular weight excluding hydrogens is 229 g/mol. The molecule has 1 saturated heterocycles. The first-order valence-electron chi connectivity index (χ1n) is 4.86. The van der Waals surface area contributed by atoms with Crippen LogP contribution in [0.15, 0.2) is 24.3 Å². The molecule has 2 amide bonds. The molecule has 2 aliphatic heterocycles. The Hall–Kier alpha value is -1.61. The minimum absolute atomic E-state index is 0.219. The van der Waals surface area contributed by atoms with Gasteiger partial charge >= 0.3 is 8.53 Å². The summed E-state index contributed by atoms with van der Waals surface area (Å²) in [4.78, 5) is 23.0. The summed E-state index contributed by atoms with van der Waals surface area (Å²) in [7, 11) is -1.62. The summed E-state index contributed by atoms with van der Waals surface area (Å²) in [6.07, 6.45) is 0.501. The molecular formula is C10H8NO4P. The number of carbonyl (C=O) groups excluding carboxylic acids is 2. The van der Waals surface area contributed by atoms with E-state index in [2.05, 4.69) is 0 Å². The summed E-state index contributed by atoms with van der Waals surface area (Å²) in [6.45, 7) is 0. The fourth-order valence-corrected chi connectivity index (χ4v) is 3.02. The molecule has 0 unspecified atom stereocenters. The van der Waals surface area contributed by atoms with Gasteiger partial charge in [0.2, 0.25) is 11.8 Å². The van der Waals surface area contributed by atoms with Crippen LogP contribution in [0, 0.1) is 0 Å². The molecule has 1 fully saturated rings. The Labute approximate surface area is 92.9 Å². The number of hydrogen-bond donors (Lipinski definition) is 0. The number of hydrogen-bond acceptors (Lipinski definition) is 4. The van der Waals surface area contributed by atoms with E-state index in [1.165, 1.54) is 0 Å². The van der Waals surface area contributed by atoms with E-state index in [1.807, 2.05) is 12.1 Å². The highest BCUT2D eigenvalue weighted by Crippen LogP contribution is 2.55. The summed E-state index contributed by atoms with van der Waals surface area (Å²) in [5.41, 5.74) is 0. The van der Waals surface area contributed by atoms with Gasteiger partial charge in [-0.05, 0) is 12.1 Å². The smallest absolute Gasteiger partial charge is 0.418 e. The molecule has 0 spiro atoms. The summed E-state index contributed by atoms with van der Waals surface area (Å²) in [5, 5.41) is 0. The van der Waals surface area contributed by atoms with Gasteiger partial charge in [-0.2, -0.15) is 4.67 Å². The molecule has 1 aromatic rings. The van der Waals surface area contributed by atoms with Crippen molar-refractivity contribution >= 4 is 20.3 Å². The van der Waals surface area contributed by atoms with Gasteiger partial charge in [0.25, 0.3) is 0 Å². The number of nitrogens with zero attached hydrogens (tertiary/aromatic N) is 1. The highest BCUT2D eigenvalue weighted by atomic mass is 31.2. The van der Waals surface area contributed by atoms with Gasteiger partial charge in [0.1, 0.15) is 0 Å². The quantitative estimate of drug-likeness (QED) is 0.552. The molecule has 3 rings (SSSR count). The lowest BCUT2D eigenvalue weighted by atomic mass is 10.3. The lowest BCUT2D eigenvalue weighted by Crippen LogP contribution is -2.25. The van der Waals surface area contributed by atoms with Crippen LogP contribution in [0.5, 0.6) is 11.5 Å². The van der Waals surface area contributed by atoms with E-state index < -0.39 is 8.53 Å². The zero-order chi connectivity index (χ0) is 11.1. The molecule has 0 aromatic heterocycles. The van der Waals surface area contributed by atoms with Crippen LogP contribution in [0.2, 0.25) is 0 Å². The molecule has 0 atom stereocenters. The lowest BCUT2D eigenvalue weighted by Gasteiger charge is -2.16. The molecule has 2 heterocycles. The second-order valence-corrected chi connectivity index (χ2v) is 4.71. The molecule has 82 valence electrons. The van der Waals surface area contributed by atoms with Gasteiger partial charge in [0, 0.05) is 12.8 Å². The van der Waals surface area contributed by atoms with Gasteiger partial charge in [0.05, 0.1) is 0 Å². The maximum absolute atomic E-state index is 11.5. The van der Waals surface area contributed by atoms with E-state index in [-0.39, 0.29) is 24.7 Å². The predicted octanol–water partition coefficient (Wildman–Crippen LogP) is 1.83. The average Bonchev–Trinajstić information content (AvgIpc) is 2.82. The van der Waals surface area contributed by atoms with E-state index in [4.69, 9.17) is 9.05 Å². The van der Waals surface area contributed by atoms with Crippen LogP contribution in [-0.2, 0) is 9.59 Å². The average molecular weight is 237 g/mol. The molecule has 6 heteroatoms. The number of amides is 2. The Kier molecular flexibility index (Phi) is 2.07. The van der Waals surface area contributed by atoms with Gasteiger partial charge in [-0.25, -0.2) is 0 Å². The Balaban J connectivity index is 1.86. The summed E-state index contributed by atoms with van der Waals surface area (Å²) < 4.78 is 12.0. The minimum atomic E-state index is -1.62. The Morgan fingerprint density at radius 3 is 2.00 bits per heavy atom. The van der Waals surface area contributed by atoms with Crippen LogP contribution in [0.4, 0.5) is 0 Å². The van der Waals surface area contributed by atoms with Crippen LogP contribution < -0.4 is 9.05 Å². The van der Waals surface area contributed by atoms with E-state index in [1.54, 1.807) is 12.1 Å². The molecule has 2 aliphatic rings. The van der Waals surface area contributed by atoms with Crippen LogP contribution in [-0.4, -0.2) is 16.5 Å². The standard InChI is InChI=1S/C10H8NO4P/c12-9-5-6-10(13)11(9)16-14-7-3-1-2-4-8(7)15-16/h1-4H,5-6H2. The van der Waals surface area contributed by atoms with E-state index in [9.17, 15) is 9.59 Å². The molecule has 0 bridgehead atoms. The third-order valence-electron chi connectivity index (χ3n) is 2.39. The number of para-hydroxylation sites is 2. The molecule has 0 radical (unpaired) electrons. The van der Waals surface area contributed by atoms with Crippen LogP contribution in [0.3, 0.4) is 0 Å². The minimum Gasteiger partial charge on any atom is -0.418 e. The zero-order valence-electron chi connectivity index (χ0n) is 8.25. The first-order valence-corrected chi connectivity index (χ1v) is 5.99. The fraction of sp³-hybridized carbons (Fsp3) is 0.200. The van der Waals surface area contributed by atoms with E-state index in [0.717, 1.165) is 4.67 Å². The lowest BCUT2D eigenvalue weighted by molar-refractivity contribution is -0.132. The highest BCUT2D eigenvalue weighted by Gasteiger charge is 2.43. The highest BCUT2D eigenvalue weighted by molar-refractivity contribution is 7.47. The Bertz CT molecular complexity index is 435. The van der Waals surface area contributed by atoms with Gasteiger partial charge in [-0.3, -0.25) is 9.59 Å². The second-order valence-electron chi connectivity index (χ2n) is 3.47. The number of fused-ring (bicyclic) bond motifs is 1. The van der Waals surface area contributed by atoms with E-state index >= 15 is 0 Å². The third-order valence-corrected chi connectivity index (χ3v) is 3.87. The molecule has 0 aliphatic carbocycles. The maximum Gasteiger partial charge on any atom is 0.427 e. The second kappa shape index (κ2) is 3.46. The SMILES string of the molecule is O=C1CCC(=O)N1P1Oc2ccccc2O1. The van der Waals surface area contributed by atoms with Crippen LogP contribution in [0.1, 0.15) is 12.8 Å². The van der Waals surface area contributed by atoms with Crippen molar-refractivity contribution in [3.05, 3.63) is 24.3 Å². The van der Waals surface area contributed by atoms with Crippen LogP contribution >= 0.6 is 8.53 Å². The molecule has 0 saturated carbocycles. The topological polar surface area (TPSA) is 55.8 Å². The van der Waals surface area contributed by atoms with Gasteiger partial charge in [-0.1, -0.05) is 12.1 Å². The van der Waals surface area contributed by atoms with E-state index in [0.29, 0.717) is 11.5 Å². The zero-order valence-corrected chi connectivity index (χ0v) is 9.15. The summed E-state index contributed by atoms with van der Waals surface area (Å²) in [6, 6.07) is 7.13. The van der Waals surface area contributed by atoms with Gasteiger partial charge in [-0.15, -0.1) is 0 Å². The van der Waals surface area contributed by atoms with Crippen LogP contribution in [0.25, 0.3) is 0 Å². The maximum atomic E-state index is 11.5. The number of rotatable bonds is 1. The van der Waals surface area contributed by atoms with Crippen molar-refractivity contribution in [2.24, 2.45) is 0 Å². The first kappa shape index (κ1) is 9.60. The van der Waals surface area contributed by atoms with Crippen molar-refractivity contribution in [2.45, 2.75) is 12.8 Å². The Morgan fingerprint density at radius 2 is 1.50 bits per heavy atom. The number of carbonyl (C=O) groups is 2. The fourth-order valence-electron chi connectivity index (χ4n) is 1.62. The Morgan fingerprint density at radius 1 is 1.00 bits per heavy atom.